The molecule has 0 saturated heterocycles. The van der Waals surface area contributed by atoms with Gasteiger partial charge in [-0.15, -0.1) is 0 Å². The summed E-state index contributed by atoms with van der Waals surface area (Å²) in [5, 5.41) is 4.38. The van der Waals surface area contributed by atoms with Crippen LogP contribution in [0.2, 0.25) is 0 Å². The van der Waals surface area contributed by atoms with E-state index < -0.39 is 0 Å². The van der Waals surface area contributed by atoms with Crippen LogP contribution in [0.25, 0.3) is 0 Å². The highest BCUT2D eigenvalue weighted by Crippen LogP contribution is 2.16. The molecule has 0 fully saturated rings. The maximum absolute atomic E-state index is 5.66. The summed E-state index contributed by atoms with van der Waals surface area (Å²) in [5.74, 6) is 0.578. The van der Waals surface area contributed by atoms with E-state index >= 15 is 0 Å². The largest absolute Gasteiger partial charge is 0.326 e. The number of nitrogens with two attached hydrogens (primary N) is 1. The third kappa shape index (κ3) is 2.62. The van der Waals surface area contributed by atoms with Gasteiger partial charge in [0.1, 0.15) is 0 Å². The van der Waals surface area contributed by atoms with Gasteiger partial charge in [-0.25, -0.2) is 0 Å². The summed E-state index contributed by atoms with van der Waals surface area (Å²) in [5.41, 5.74) is 10.6. The van der Waals surface area contributed by atoms with Crippen LogP contribution in [0, 0.1) is 6.92 Å². The zero-order valence-corrected chi connectivity index (χ0v) is 11.4. The van der Waals surface area contributed by atoms with Crippen molar-refractivity contribution in [2.24, 2.45) is 5.73 Å². The number of hydrogen-bond donors (Lipinski definition) is 1. The lowest BCUT2D eigenvalue weighted by Crippen LogP contribution is -2.05. The minimum Gasteiger partial charge on any atom is -0.326 e. The zero-order valence-electron chi connectivity index (χ0n) is 11.4. The van der Waals surface area contributed by atoms with Gasteiger partial charge in [-0.1, -0.05) is 38.1 Å². The monoisotopic (exact) mass is 243 g/mol. The fourth-order valence-corrected chi connectivity index (χ4v) is 2.03. The van der Waals surface area contributed by atoms with Gasteiger partial charge >= 0.3 is 0 Å². The van der Waals surface area contributed by atoms with Crippen molar-refractivity contribution < 1.29 is 0 Å². The predicted molar refractivity (Wildman–Crippen MR) is 74.5 cm³/mol. The molecule has 0 bridgehead atoms. The van der Waals surface area contributed by atoms with Crippen molar-refractivity contribution in [1.29, 1.82) is 0 Å². The van der Waals surface area contributed by atoms with Crippen molar-refractivity contribution in [3.05, 3.63) is 52.8 Å². The van der Waals surface area contributed by atoms with Crippen molar-refractivity contribution in [1.82, 2.24) is 9.78 Å². The first-order valence-electron chi connectivity index (χ1n) is 6.42. The smallest absolute Gasteiger partial charge is 0.0662 e. The molecule has 0 aliphatic heterocycles. The molecule has 0 atom stereocenters. The van der Waals surface area contributed by atoms with Crippen molar-refractivity contribution in [3.63, 3.8) is 0 Å². The van der Waals surface area contributed by atoms with Gasteiger partial charge in [0.25, 0.3) is 0 Å². The zero-order chi connectivity index (χ0) is 13.1. The van der Waals surface area contributed by atoms with Crippen LogP contribution in [0.5, 0.6) is 0 Å². The summed E-state index contributed by atoms with van der Waals surface area (Å²) >= 11 is 0. The molecule has 0 amide bonds. The summed E-state index contributed by atoms with van der Waals surface area (Å²) < 4.78 is 2.01. The number of rotatable bonds is 4. The van der Waals surface area contributed by atoms with Gasteiger partial charge in [0.2, 0.25) is 0 Å². The number of hydrogen-bond acceptors (Lipinski definition) is 2. The first-order chi connectivity index (χ1) is 8.61. The van der Waals surface area contributed by atoms with Crippen molar-refractivity contribution in [3.8, 4) is 0 Å². The van der Waals surface area contributed by atoms with Gasteiger partial charge in [0, 0.05) is 17.8 Å². The van der Waals surface area contributed by atoms with Gasteiger partial charge in [0.15, 0.2) is 0 Å². The minimum absolute atomic E-state index is 0.554. The van der Waals surface area contributed by atoms with E-state index in [0.29, 0.717) is 12.5 Å². The third-order valence-electron chi connectivity index (χ3n) is 3.40. The van der Waals surface area contributed by atoms with E-state index in [2.05, 4.69) is 50.1 Å². The fourth-order valence-electron chi connectivity index (χ4n) is 2.03. The Balaban J connectivity index is 2.15. The molecule has 0 saturated carbocycles. The highest BCUT2D eigenvalue weighted by atomic mass is 15.3. The Kier molecular flexibility index (Phi) is 3.82. The van der Waals surface area contributed by atoms with Crippen LogP contribution < -0.4 is 5.73 Å². The van der Waals surface area contributed by atoms with Crippen LogP contribution in [-0.4, -0.2) is 9.78 Å². The molecule has 0 radical (unpaired) electrons. The van der Waals surface area contributed by atoms with E-state index in [0.717, 1.165) is 17.8 Å². The molecule has 1 aromatic carbocycles. The predicted octanol–water partition coefficient (Wildman–Crippen LogP) is 2.82. The van der Waals surface area contributed by atoms with Crippen LogP contribution in [0.15, 0.2) is 30.5 Å². The number of benzene rings is 1. The van der Waals surface area contributed by atoms with E-state index in [-0.39, 0.29) is 0 Å². The molecule has 2 N–H and O–H groups in total. The maximum atomic E-state index is 5.66. The molecule has 3 heteroatoms. The summed E-state index contributed by atoms with van der Waals surface area (Å²) in [6.07, 6.45) is 1.86. The van der Waals surface area contributed by atoms with Gasteiger partial charge in [-0.3, -0.25) is 4.68 Å². The first kappa shape index (κ1) is 12.8. The van der Waals surface area contributed by atoms with E-state index in [1.165, 1.54) is 11.1 Å². The maximum Gasteiger partial charge on any atom is 0.0662 e. The molecule has 2 rings (SSSR count). The number of nitrogens with zero attached hydrogens (tertiary/aromatic N) is 2. The molecule has 0 aliphatic rings. The van der Waals surface area contributed by atoms with Gasteiger partial charge in [0.05, 0.1) is 12.7 Å². The van der Waals surface area contributed by atoms with Gasteiger partial charge < -0.3 is 5.73 Å². The van der Waals surface area contributed by atoms with Crippen LogP contribution in [-0.2, 0) is 13.1 Å². The first-order valence-corrected chi connectivity index (χ1v) is 6.42. The van der Waals surface area contributed by atoms with Crippen molar-refractivity contribution >= 4 is 0 Å². The van der Waals surface area contributed by atoms with E-state index in [9.17, 15) is 0 Å². The Morgan fingerprint density at radius 2 is 1.89 bits per heavy atom. The Hall–Kier alpha value is -1.61. The summed E-state index contributed by atoms with van der Waals surface area (Å²) in [7, 11) is 0. The molecule has 0 unspecified atom stereocenters. The molecule has 96 valence electrons. The summed E-state index contributed by atoms with van der Waals surface area (Å²) in [6.45, 7) is 7.85. The Bertz CT molecular complexity index is 509. The second-order valence-electron chi connectivity index (χ2n) is 5.01. The minimum atomic E-state index is 0.554. The van der Waals surface area contributed by atoms with Crippen LogP contribution in [0.3, 0.4) is 0 Å². The molecule has 18 heavy (non-hydrogen) atoms. The van der Waals surface area contributed by atoms with Crippen LogP contribution in [0.1, 0.15) is 42.1 Å². The van der Waals surface area contributed by atoms with E-state index in [1.807, 2.05) is 10.9 Å². The lowest BCUT2D eigenvalue weighted by Gasteiger charge is -2.08. The summed E-state index contributed by atoms with van der Waals surface area (Å²) in [4.78, 5) is 0. The standard InChI is InChI=1S/C15H21N3/c1-11(2)14-6-4-13(5-7-14)10-18-12(3)15(8-16)9-17-18/h4-7,9,11H,8,10,16H2,1-3H3. The molecular formula is C15H21N3. The van der Waals surface area contributed by atoms with Crippen LogP contribution in [0.4, 0.5) is 0 Å². The molecule has 2 aromatic rings. The Morgan fingerprint density at radius 1 is 1.22 bits per heavy atom. The molecule has 3 nitrogen and oxygen atoms in total. The highest BCUT2D eigenvalue weighted by Gasteiger charge is 2.05. The normalized spacial score (nSPS) is 11.2. The average molecular weight is 243 g/mol. The average Bonchev–Trinajstić information content (AvgIpc) is 2.71. The molecule has 1 aromatic heterocycles. The lowest BCUT2D eigenvalue weighted by atomic mass is 10.0. The van der Waals surface area contributed by atoms with E-state index in [4.69, 9.17) is 5.73 Å². The topological polar surface area (TPSA) is 43.8 Å². The highest BCUT2D eigenvalue weighted by molar-refractivity contribution is 5.25. The number of aromatic nitrogens is 2. The van der Waals surface area contributed by atoms with E-state index in [1.54, 1.807) is 0 Å². The molecule has 0 spiro atoms. The van der Waals surface area contributed by atoms with Crippen LogP contribution >= 0.6 is 0 Å². The van der Waals surface area contributed by atoms with Crippen molar-refractivity contribution in [2.75, 3.05) is 0 Å². The molecule has 1 heterocycles. The molecular weight excluding hydrogens is 222 g/mol. The third-order valence-corrected chi connectivity index (χ3v) is 3.40. The fraction of sp³-hybridized carbons (Fsp3) is 0.400. The second kappa shape index (κ2) is 5.36. The summed E-state index contributed by atoms with van der Waals surface area (Å²) in [6, 6.07) is 8.75. The quantitative estimate of drug-likeness (QED) is 0.897. The van der Waals surface area contributed by atoms with Gasteiger partial charge in [-0.2, -0.15) is 5.10 Å². The molecule has 0 aliphatic carbocycles. The van der Waals surface area contributed by atoms with Gasteiger partial charge in [-0.05, 0) is 24.0 Å². The van der Waals surface area contributed by atoms with Crippen molar-refractivity contribution in [2.45, 2.75) is 39.8 Å². The SMILES string of the molecule is Cc1c(CN)cnn1Cc1ccc(C(C)C)cc1. The lowest BCUT2D eigenvalue weighted by molar-refractivity contribution is 0.663. The Morgan fingerprint density at radius 3 is 2.39 bits per heavy atom. The second-order valence-corrected chi connectivity index (χ2v) is 5.01. The Labute approximate surface area is 109 Å².